The zero-order valence-electron chi connectivity index (χ0n) is 21.8. The molecule has 0 amide bonds. The first-order chi connectivity index (χ1) is 19.3. The second-order valence-corrected chi connectivity index (χ2v) is 9.33. The number of phenolic OH excluding ortho intramolecular Hbond substituents is 1. The fourth-order valence-corrected chi connectivity index (χ4v) is 4.34. The summed E-state index contributed by atoms with van der Waals surface area (Å²) in [6.07, 6.45) is 1.11. The molecule has 12 nitrogen and oxygen atoms in total. The van der Waals surface area contributed by atoms with Gasteiger partial charge in [0.2, 0.25) is 0 Å². The van der Waals surface area contributed by atoms with E-state index < -0.39 is 30.5 Å². The number of aromatic nitrogens is 4. The summed E-state index contributed by atoms with van der Waals surface area (Å²) < 4.78 is 17.8. The molecule has 1 fully saturated rings. The highest BCUT2D eigenvalue weighted by Crippen LogP contribution is 2.33. The molecule has 1 aliphatic rings. The molecule has 12 heteroatoms. The summed E-state index contributed by atoms with van der Waals surface area (Å²) >= 11 is 0. The summed E-state index contributed by atoms with van der Waals surface area (Å²) in [7, 11) is 1.47. The lowest BCUT2D eigenvalue weighted by atomic mass is 10.1. The van der Waals surface area contributed by atoms with Gasteiger partial charge >= 0.3 is 5.97 Å². The molecule has 4 aromatic rings. The third-order valence-corrected chi connectivity index (χ3v) is 6.55. The number of nitrogens with one attached hydrogen (secondary N) is 1. The molecule has 208 valence electrons. The van der Waals surface area contributed by atoms with Crippen molar-refractivity contribution in [2.24, 2.45) is 0 Å². The molecule has 4 atom stereocenters. The zero-order valence-corrected chi connectivity index (χ0v) is 21.8. The van der Waals surface area contributed by atoms with Gasteiger partial charge in [0.25, 0.3) is 0 Å². The fourth-order valence-electron chi connectivity index (χ4n) is 4.34. The Balaban J connectivity index is 1.24. The highest BCUT2D eigenvalue weighted by molar-refractivity contribution is 5.87. The van der Waals surface area contributed by atoms with E-state index in [1.807, 2.05) is 31.2 Å². The van der Waals surface area contributed by atoms with Crippen LogP contribution in [0.1, 0.15) is 22.9 Å². The summed E-state index contributed by atoms with van der Waals surface area (Å²) in [6, 6.07) is 12.6. The number of ether oxygens (including phenoxy) is 3. The number of methoxy groups -OCH3 is 1. The highest BCUT2D eigenvalue weighted by Gasteiger charge is 2.45. The number of aromatic hydroxyl groups is 1. The van der Waals surface area contributed by atoms with Crippen LogP contribution in [0.2, 0.25) is 0 Å². The van der Waals surface area contributed by atoms with Crippen LogP contribution >= 0.6 is 0 Å². The first-order valence-electron chi connectivity index (χ1n) is 12.5. The van der Waals surface area contributed by atoms with Gasteiger partial charge in [-0.3, -0.25) is 4.57 Å². The Labute approximate surface area is 229 Å². The van der Waals surface area contributed by atoms with Gasteiger partial charge in [-0.25, -0.2) is 19.7 Å². The van der Waals surface area contributed by atoms with Gasteiger partial charge in [0, 0.05) is 12.6 Å². The number of aryl methyl sites for hydroxylation is 1. The number of aliphatic hydroxyl groups excluding tert-OH is 2. The SMILES string of the molecule is COc1cc(CNc2ncnc3c2ncn3[C@@H]2O[C@H](COC(=O)C=Cc3ccc(C)cc3)[C@@H](O)[C@H]2O)ccc1O. The monoisotopic (exact) mass is 547 g/mol. The smallest absolute Gasteiger partial charge is 0.330 e. The quantitative estimate of drug-likeness (QED) is 0.180. The topological polar surface area (TPSA) is 161 Å². The van der Waals surface area contributed by atoms with E-state index in [0.717, 1.165) is 16.7 Å². The van der Waals surface area contributed by atoms with Crippen molar-refractivity contribution >= 4 is 29.0 Å². The number of fused-ring (bicyclic) bond motifs is 1. The number of esters is 1. The molecule has 2 aromatic carbocycles. The van der Waals surface area contributed by atoms with Gasteiger partial charge in [0.15, 0.2) is 34.7 Å². The van der Waals surface area contributed by atoms with Crippen molar-refractivity contribution in [1.29, 1.82) is 0 Å². The van der Waals surface area contributed by atoms with Gasteiger partial charge < -0.3 is 34.8 Å². The van der Waals surface area contributed by atoms with Crippen molar-refractivity contribution in [2.45, 2.75) is 38.0 Å². The van der Waals surface area contributed by atoms with E-state index >= 15 is 0 Å². The summed E-state index contributed by atoms with van der Waals surface area (Å²) in [5.41, 5.74) is 3.59. The standard InChI is InChI=1S/C28H29N5O7/c1-16-3-5-17(6-4-16)8-10-22(35)39-13-21-24(36)25(37)28(40-21)33-15-32-23-26(30-14-31-27(23)33)29-12-18-7-9-19(34)20(11-18)38-2/h3-11,14-15,21,24-25,28,34,36-37H,12-13H2,1-2H3,(H,29,30,31)/t21-,24-,25-,28-/m1/s1. The number of phenols is 1. The lowest BCUT2D eigenvalue weighted by molar-refractivity contribution is -0.144. The van der Waals surface area contributed by atoms with E-state index in [4.69, 9.17) is 14.2 Å². The largest absolute Gasteiger partial charge is 0.504 e. The van der Waals surface area contributed by atoms with Crippen LogP contribution in [0.4, 0.5) is 5.82 Å². The average Bonchev–Trinajstić information content (AvgIpc) is 3.51. The molecule has 0 spiro atoms. The van der Waals surface area contributed by atoms with E-state index in [1.165, 1.54) is 36.5 Å². The van der Waals surface area contributed by atoms with Crippen molar-refractivity contribution in [3.05, 3.63) is 77.9 Å². The molecule has 0 unspecified atom stereocenters. The van der Waals surface area contributed by atoms with E-state index in [-0.39, 0.29) is 12.4 Å². The molecule has 0 aliphatic carbocycles. The van der Waals surface area contributed by atoms with Gasteiger partial charge in [-0.1, -0.05) is 35.9 Å². The Morgan fingerprint density at radius 3 is 2.70 bits per heavy atom. The molecule has 40 heavy (non-hydrogen) atoms. The summed E-state index contributed by atoms with van der Waals surface area (Å²) in [5, 5.41) is 34.3. The number of hydrogen-bond acceptors (Lipinski definition) is 11. The molecular weight excluding hydrogens is 518 g/mol. The van der Waals surface area contributed by atoms with Gasteiger partial charge in [0.05, 0.1) is 13.4 Å². The number of anilines is 1. The second kappa shape index (κ2) is 11.7. The van der Waals surface area contributed by atoms with Crippen molar-refractivity contribution in [3.63, 3.8) is 0 Å². The molecule has 0 bridgehead atoms. The number of aliphatic hydroxyl groups is 2. The second-order valence-electron chi connectivity index (χ2n) is 9.33. The number of imidazole rings is 1. The van der Waals surface area contributed by atoms with Crippen LogP contribution in [-0.2, 0) is 20.8 Å². The number of benzene rings is 2. The van der Waals surface area contributed by atoms with Gasteiger partial charge in [-0.2, -0.15) is 0 Å². The maximum Gasteiger partial charge on any atom is 0.330 e. The van der Waals surface area contributed by atoms with Gasteiger partial charge in [-0.15, -0.1) is 0 Å². The number of hydrogen-bond donors (Lipinski definition) is 4. The normalized spacial score (nSPS) is 20.7. The van der Waals surface area contributed by atoms with Crippen molar-refractivity contribution in [3.8, 4) is 11.5 Å². The Bertz CT molecular complexity index is 1520. The van der Waals surface area contributed by atoms with E-state index in [1.54, 1.807) is 18.2 Å². The maximum atomic E-state index is 12.2. The number of carbonyl (C=O) groups excluding carboxylic acids is 1. The first-order valence-corrected chi connectivity index (χ1v) is 12.5. The Morgan fingerprint density at radius 1 is 1.12 bits per heavy atom. The predicted molar refractivity (Wildman–Crippen MR) is 144 cm³/mol. The molecule has 1 aliphatic heterocycles. The molecule has 1 saturated heterocycles. The lowest BCUT2D eigenvalue weighted by Crippen LogP contribution is -2.34. The Hall–Kier alpha value is -4.52. The van der Waals surface area contributed by atoms with E-state index in [0.29, 0.717) is 29.3 Å². The van der Waals surface area contributed by atoms with Crippen LogP contribution in [0.15, 0.2) is 61.2 Å². The molecule has 3 heterocycles. The molecule has 0 radical (unpaired) electrons. The highest BCUT2D eigenvalue weighted by atomic mass is 16.6. The van der Waals surface area contributed by atoms with Crippen molar-refractivity contribution < 1.29 is 34.3 Å². The minimum atomic E-state index is -1.32. The van der Waals surface area contributed by atoms with Crippen LogP contribution < -0.4 is 10.1 Å². The van der Waals surface area contributed by atoms with Crippen molar-refractivity contribution in [2.75, 3.05) is 19.0 Å². The Kier molecular flexibility index (Phi) is 7.91. The average molecular weight is 548 g/mol. The summed E-state index contributed by atoms with van der Waals surface area (Å²) in [4.78, 5) is 25.1. The molecule has 5 rings (SSSR count). The van der Waals surface area contributed by atoms with Crippen LogP contribution in [0.3, 0.4) is 0 Å². The van der Waals surface area contributed by atoms with Gasteiger partial charge in [-0.05, 0) is 36.3 Å². The predicted octanol–water partition coefficient (Wildman–Crippen LogP) is 2.34. The van der Waals surface area contributed by atoms with Crippen LogP contribution in [0.25, 0.3) is 17.2 Å². The first kappa shape index (κ1) is 27.1. The molecule has 4 N–H and O–H groups in total. The van der Waals surface area contributed by atoms with E-state index in [2.05, 4.69) is 20.3 Å². The minimum absolute atomic E-state index is 0.0403. The number of carbonyl (C=O) groups is 1. The lowest BCUT2D eigenvalue weighted by Gasteiger charge is -2.16. The Morgan fingerprint density at radius 2 is 1.93 bits per heavy atom. The summed E-state index contributed by atoms with van der Waals surface area (Å²) in [5.74, 6) is 0.232. The number of rotatable bonds is 9. The number of nitrogens with zero attached hydrogens (tertiary/aromatic N) is 4. The van der Waals surface area contributed by atoms with Crippen LogP contribution in [0.5, 0.6) is 11.5 Å². The summed E-state index contributed by atoms with van der Waals surface area (Å²) in [6.45, 7) is 2.09. The maximum absolute atomic E-state index is 12.2. The van der Waals surface area contributed by atoms with Crippen molar-refractivity contribution in [1.82, 2.24) is 19.5 Å². The van der Waals surface area contributed by atoms with Gasteiger partial charge in [0.1, 0.15) is 31.2 Å². The molecular formula is C28H29N5O7. The fraction of sp³-hybridized carbons (Fsp3) is 0.286. The van der Waals surface area contributed by atoms with Crippen LogP contribution in [-0.4, -0.2) is 72.8 Å². The third kappa shape index (κ3) is 5.73. The minimum Gasteiger partial charge on any atom is -0.504 e. The molecule has 2 aromatic heterocycles. The third-order valence-electron chi connectivity index (χ3n) is 6.55. The zero-order chi connectivity index (χ0) is 28.2. The molecule has 0 saturated carbocycles. The van der Waals surface area contributed by atoms with E-state index in [9.17, 15) is 20.1 Å². The van der Waals surface area contributed by atoms with Crippen LogP contribution in [0, 0.1) is 6.92 Å².